The minimum absolute atomic E-state index is 0.253. The zero-order chi connectivity index (χ0) is 36.0. The van der Waals surface area contributed by atoms with Crippen LogP contribution in [0.15, 0.2) is 199 Å². The molecule has 258 valence electrons. The van der Waals surface area contributed by atoms with Gasteiger partial charge in [0.1, 0.15) is 11.2 Å². The van der Waals surface area contributed by atoms with Crippen molar-refractivity contribution in [2.45, 2.75) is 12.0 Å². The van der Waals surface area contributed by atoms with E-state index >= 15 is 0 Å². The van der Waals surface area contributed by atoms with Gasteiger partial charge in [-0.1, -0.05) is 146 Å². The van der Waals surface area contributed by atoms with Crippen LogP contribution < -0.4 is 4.90 Å². The minimum atomic E-state index is 0.253. The van der Waals surface area contributed by atoms with E-state index in [1.165, 1.54) is 55.4 Å². The summed E-state index contributed by atoms with van der Waals surface area (Å²) in [5.41, 5.74) is 13.8. The molecule has 0 bridgehead atoms. The Morgan fingerprint density at radius 2 is 1.18 bits per heavy atom. The molecular formula is C52H34N2O. The second-order valence-corrected chi connectivity index (χ2v) is 14.8. The molecule has 1 aliphatic carbocycles. The molecule has 55 heavy (non-hydrogen) atoms. The van der Waals surface area contributed by atoms with Crippen molar-refractivity contribution in [2.24, 2.45) is 0 Å². The summed E-state index contributed by atoms with van der Waals surface area (Å²) in [5.74, 6) is 0.344. The van der Waals surface area contributed by atoms with Crippen molar-refractivity contribution in [3.8, 4) is 27.9 Å². The Hall–Kier alpha value is -7.10. The van der Waals surface area contributed by atoms with E-state index in [9.17, 15) is 0 Å². The van der Waals surface area contributed by atoms with Gasteiger partial charge in [-0.05, 0) is 81.6 Å². The molecule has 10 aromatic rings. The zero-order valence-electron chi connectivity index (χ0n) is 29.9. The molecule has 0 N–H and O–H groups in total. The third-order valence-corrected chi connectivity index (χ3v) is 11.9. The van der Waals surface area contributed by atoms with Crippen LogP contribution in [0.2, 0.25) is 0 Å². The lowest BCUT2D eigenvalue weighted by molar-refractivity contribution is 0.673. The van der Waals surface area contributed by atoms with Crippen LogP contribution in [-0.4, -0.2) is 10.6 Å². The van der Waals surface area contributed by atoms with Gasteiger partial charge in [0, 0.05) is 44.7 Å². The largest absolute Gasteiger partial charge is 0.455 e. The second-order valence-electron chi connectivity index (χ2n) is 14.8. The van der Waals surface area contributed by atoms with Crippen LogP contribution in [0, 0.1) is 0 Å². The van der Waals surface area contributed by atoms with Crippen molar-refractivity contribution >= 4 is 65.9 Å². The van der Waals surface area contributed by atoms with Gasteiger partial charge in [-0.15, -0.1) is 0 Å². The lowest BCUT2D eigenvalue weighted by atomic mass is 9.91. The van der Waals surface area contributed by atoms with Crippen LogP contribution in [0.1, 0.15) is 11.5 Å². The first-order valence-corrected chi connectivity index (χ1v) is 19.1. The Balaban J connectivity index is 1.14. The number of hydrogen-bond donors (Lipinski definition) is 0. The van der Waals surface area contributed by atoms with E-state index in [4.69, 9.17) is 4.42 Å². The molecule has 3 nitrogen and oxygen atoms in total. The lowest BCUT2D eigenvalue weighted by Gasteiger charge is -2.28. The Labute approximate surface area is 318 Å². The SMILES string of the molecule is C1=CC2c3ccccc3N(c3ccc(-c4cc5c6ccccc6oc5c5c6c7ccccc7ccc6n(-c6ccc(-c7ccccc7)cc6)c45)cc3)C2C=C1. The number of fused-ring (bicyclic) bond motifs is 12. The van der Waals surface area contributed by atoms with Crippen molar-refractivity contribution in [1.82, 2.24) is 4.57 Å². The van der Waals surface area contributed by atoms with E-state index in [0.29, 0.717) is 5.92 Å². The number of rotatable bonds is 4. The van der Waals surface area contributed by atoms with Gasteiger partial charge in [-0.25, -0.2) is 0 Å². The number of allylic oxidation sites excluding steroid dienone is 2. The van der Waals surface area contributed by atoms with E-state index in [2.05, 4.69) is 204 Å². The molecule has 0 amide bonds. The van der Waals surface area contributed by atoms with Crippen LogP contribution in [0.4, 0.5) is 11.4 Å². The number of benzene rings is 8. The summed E-state index contributed by atoms with van der Waals surface area (Å²) in [6.07, 6.45) is 9.05. The average molecular weight is 703 g/mol. The van der Waals surface area contributed by atoms with Gasteiger partial charge >= 0.3 is 0 Å². The van der Waals surface area contributed by atoms with Gasteiger partial charge in [0.15, 0.2) is 0 Å². The van der Waals surface area contributed by atoms with Gasteiger partial charge in [-0.2, -0.15) is 0 Å². The highest BCUT2D eigenvalue weighted by Crippen LogP contribution is 2.50. The van der Waals surface area contributed by atoms with Gasteiger partial charge in [0.25, 0.3) is 0 Å². The molecular weight excluding hydrogens is 669 g/mol. The third-order valence-electron chi connectivity index (χ3n) is 11.9. The fourth-order valence-electron chi connectivity index (χ4n) is 9.46. The Morgan fingerprint density at radius 3 is 2.05 bits per heavy atom. The van der Waals surface area contributed by atoms with E-state index in [1.54, 1.807) is 0 Å². The molecule has 12 rings (SSSR count). The van der Waals surface area contributed by atoms with E-state index < -0.39 is 0 Å². The molecule has 0 radical (unpaired) electrons. The summed E-state index contributed by atoms with van der Waals surface area (Å²) < 4.78 is 9.34. The number of nitrogens with zero attached hydrogens (tertiary/aromatic N) is 2. The van der Waals surface area contributed by atoms with E-state index in [1.807, 2.05) is 0 Å². The molecule has 3 heterocycles. The molecule has 8 aromatic carbocycles. The maximum absolute atomic E-state index is 6.88. The first kappa shape index (κ1) is 30.4. The number of anilines is 2. The van der Waals surface area contributed by atoms with Gasteiger partial charge in [-0.3, -0.25) is 0 Å². The Kier molecular flexibility index (Phi) is 6.46. The highest BCUT2D eigenvalue weighted by atomic mass is 16.3. The van der Waals surface area contributed by atoms with E-state index in [-0.39, 0.29) is 6.04 Å². The predicted molar refractivity (Wildman–Crippen MR) is 230 cm³/mol. The Bertz CT molecular complexity index is 3200. The fourth-order valence-corrected chi connectivity index (χ4v) is 9.46. The summed E-state index contributed by atoms with van der Waals surface area (Å²) in [6.45, 7) is 0. The molecule has 3 heteroatoms. The molecule has 2 unspecified atom stereocenters. The summed E-state index contributed by atoms with van der Waals surface area (Å²) in [4.78, 5) is 2.50. The Morgan fingerprint density at radius 1 is 0.491 bits per heavy atom. The first-order valence-electron chi connectivity index (χ1n) is 19.1. The van der Waals surface area contributed by atoms with Crippen molar-refractivity contribution in [3.05, 3.63) is 200 Å². The second kappa shape index (κ2) is 11.7. The highest BCUT2D eigenvalue weighted by molar-refractivity contribution is 6.32. The van der Waals surface area contributed by atoms with Crippen molar-refractivity contribution < 1.29 is 4.42 Å². The molecule has 1 aliphatic heterocycles. The highest BCUT2D eigenvalue weighted by Gasteiger charge is 2.37. The fraction of sp³-hybridized carbons (Fsp3) is 0.0385. The van der Waals surface area contributed by atoms with Crippen LogP contribution in [0.3, 0.4) is 0 Å². The third kappa shape index (κ3) is 4.44. The summed E-state index contributed by atoms with van der Waals surface area (Å²) in [6, 6.07) is 62.1. The molecule has 2 atom stereocenters. The van der Waals surface area contributed by atoms with Crippen LogP contribution >= 0.6 is 0 Å². The predicted octanol–water partition coefficient (Wildman–Crippen LogP) is 13.9. The summed E-state index contributed by atoms with van der Waals surface area (Å²) >= 11 is 0. The van der Waals surface area contributed by atoms with Crippen molar-refractivity contribution in [2.75, 3.05) is 4.90 Å². The number of para-hydroxylation sites is 2. The van der Waals surface area contributed by atoms with Crippen LogP contribution in [-0.2, 0) is 0 Å². The summed E-state index contributed by atoms with van der Waals surface area (Å²) in [5, 5.41) is 7.03. The van der Waals surface area contributed by atoms with Gasteiger partial charge < -0.3 is 13.9 Å². The topological polar surface area (TPSA) is 21.3 Å². The number of furan rings is 1. The molecule has 2 aromatic heterocycles. The maximum atomic E-state index is 6.88. The molecule has 0 saturated carbocycles. The van der Waals surface area contributed by atoms with Crippen molar-refractivity contribution in [3.63, 3.8) is 0 Å². The van der Waals surface area contributed by atoms with Crippen LogP contribution in [0.25, 0.3) is 82.5 Å². The minimum Gasteiger partial charge on any atom is -0.455 e. The quantitative estimate of drug-likeness (QED) is 0.182. The maximum Gasteiger partial charge on any atom is 0.145 e. The van der Waals surface area contributed by atoms with E-state index in [0.717, 1.165) is 44.0 Å². The molecule has 0 saturated heterocycles. The van der Waals surface area contributed by atoms with Crippen LogP contribution in [0.5, 0.6) is 0 Å². The smallest absolute Gasteiger partial charge is 0.145 e. The van der Waals surface area contributed by atoms with Gasteiger partial charge in [0.05, 0.1) is 22.5 Å². The first-order chi connectivity index (χ1) is 27.3. The van der Waals surface area contributed by atoms with Crippen molar-refractivity contribution in [1.29, 1.82) is 0 Å². The monoisotopic (exact) mass is 702 g/mol. The number of aromatic nitrogens is 1. The standard InChI is InChI=1S/C52H34N2O/c1-2-12-33(13-3-1)34-22-27-38(28-23-34)54-47-31-26-35-14-4-5-15-39(35)49(47)50-51(54)43(32-44-42-18-8-11-21-48(42)55-52(44)50)36-24-29-37(30-25-36)53-45-19-9-6-16-40(45)41-17-7-10-20-46(41)53/h1-32,40,45H. The normalized spacial score (nSPS) is 16.2. The number of hydrogen-bond acceptors (Lipinski definition) is 2. The molecule has 2 aliphatic rings. The lowest BCUT2D eigenvalue weighted by Crippen LogP contribution is -2.28. The molecule has 0 spiro atoms. The summed E-state index contributed by atoms with van der Waals surface area (Å²) in [7, 11) is 0. The zero-order valence-corrected chi connectivity index (χ0v) is 29.9. The van der Waals surface area contributed by atoms with Gasteiger partial charge in [0.2, 0.25) is 0 Å². The average Bonchev–Trinajstić information content (AvgIpc) is 3.92. The molecule has 0 fully saturated rings.